The van der Waals surface area contributed by atoms with E-state index in [0.29, 0.717) is 5.52 Å². The first-order chi connectivity index (χ1) is 12.8. The molecule has 134 valence electrons. The zero-order valence-corrected chi connectivity index (χ0v) is 15.1. The molecule has 0 aliphatic heterocycles. The maximum atomic E-state index is 10.9. The van der Waals surface area contributed by atoms with Crippen LogP contribution in [0.5, 0.6) is 5.75 Å². The van der Waals surface area contributed by atoms with E-state index in [0.717, 1.165) is 23.4 Å². The highest BCUT2D eigenvalue weighted by Gasteiger charge is 2.21. The quantitative estimate of drug-likeness (QED) is 0.667. The lowest BCUT2D eigenvalue weighted by molar-refractivity contribution is 0.333. The highest BCUT2D eigenvalue weighted by Crippen LogP contribution is 2.35. The van der Waals surface area contributed by atoms with Crippen molar-refractivity contribution in [3.63, 3.8) is 0 Å². The standard InChI is InChI=1S/C23H26N2O/c26-23-20(14-13-19-12-7-15-24-22(19)23)21(18-10-5-2-6-11-18)25-16-17-8-3-1-4-9-17/h2,5-7,10-15,17,21,25-26H,1,3-4,8-9,16H2. The van der Waals surface area contributed by atoms with Crippen molar-refractivity contribution in [3.05, 3.63) is 71.9 Å². The third kappa shape index (κ3) is 3.58. The number of nitrogens with zero attached hydrogens (tertiary/aromatic N) is 1. The SMILES string of the molecule is Oc1c(C(NCC2CCCCC2)c2ccccc2)ccc2cccnc12. The Balaban J connectivity index is 1.67. The number of nitrogens with one attached hydrogen (secondary N) is 1. The smallest absolute Gasteiger partial charge is 0.146 e. The van der Waals surface area contributed by atoms with Crippen LogP contribution in [0, 0.1) is 5.92 Å². The molecule has 0 bridgehead atoms. The molecule has 4 rings (SSSR count). The van der Waals surface area contributed by atoms with Crippen LogP contribution in [0.1, 0.15) is 49.3 Å². The molecule has 3 aromatic rings. The summed E-state index contributed by atoms with van der Waals surface area (Å²) in [6.07, 6.45) is 8.40. The molecule has 1 atom stereocenters. The number of pyridine rings is 1. The van der Waals surface area contributed by atoms with Crippen molar-refractivity contribution in [3.8, 4) is 5.75 Å². The van der Waals surface area contributed by atoms with Gasteiger partial charge in [0.15, 0.2) is 0 Å². The Morgan fingerprint density at radius 1 is 0.962 bits per heavy atom. The first kappa shape index (κ1) is 17.0. The Morgan fingerprint density at radius 3 is 2.58 bits per heavy atom. The van der Waals surface area contributed by atoms with Gasteiger partial charge in [-0.05, 0) is 36.9 Å². The number of aromatic hydroxyl groups is 1. The normalized spacial score (nSPS) is 16.6. The Morgan fingerprint density at radius 2 is 1.77 bits per heavy atom. The van der Waals surface area contributed by atoms with E-state index in [4.69, 9.17) is 0 Å². The summed E-state index contributed by atoms with van der Waals surface area (Å²) in [4.78, 5) is 4.39. The second kappa shape index (κ2) is 7.88. The maximum absolute atomic E-state index is 10.9. The molecule has 0 amide bonds. The van der Waals surface area contributed by atoms with E-state index < -0.39 is 0 Å². The molecule has 26 heavy (non-hydrogen) atoms. The Kier molecular flexibility index (Phi) is 5.16. The number of rotatable bonds is 5. The fourth-order valence-corrected chi connectivity index (χ4v) is 4.11. The molecule has 3 heteroatoms. The molecule has 1 aromatic heterocycles. The Labute approximate surface area is 155 Å². The molecular formula is C23H26N2O. The van der Waals surface area contributed by atoms with Gasteiger partial charge in [-0.25, -0.2) is 0 Å². The molecule has 1 fully saturated rings. The second-order valence-electron chi connectivity index (χ2n) is 7.33. The first-order valence-electron chi connectivity index (χ1n) is 9.68. The van der Waals surface area contributed by atoms with E-state index >= 15 is 0 Å². The molecule has 1 aliphatic carbocycles. The van der Waals surface area contributed by atoms with Crippen molar-refractivity contribution in [2.45, 2.75) is 38.1 Å². The maximum Gasteiger partial charge on any atom is 0.146 e. The lowest BCUT2D eigenvalue weighted by Gasteiger charge is -2.27. The van der Waals surface area contributed by atoms with Crippen LogP contribution in [0.3, 0.4) is 0 Å². The first-order valence-corrected chi connectivity index (χ1v) is 9.68. The molecule has 1 unspecified atom stereocenters. The monoisotopic (exact) mass is 346 g/mol. The van der Waals surface area contributed by atoms with Gasteiger partial charge in [-0.2, -0.15) is 0 Å². The minimum Gasteiger partial charge on any atom is -0.505 e. The number of aromatic nitrogens is 1. The lowest BCUT2D eigenvalue weighted by atomic mass is 9.88. The van der Waals surface area contributed by atoms with Crippen LogP contribution in [-0.2, 0) is 0 Å². The van der Waals surface area contributed by atoms with E-state index in [1.54, 1.807) is 6.20 Å². The average molecular weight is 346 g/mol. The van der Waals surface area contributed by atoms with Crippen molar-refractivity contribution in [2.24, 2.45) is 5.92 Å². The number of benzene rings is 2. The number of phenols is 1. The largest absolute Gasteiger partial charge is 0.505 e. The lowest BCUT2D eigenvalue weighted by Crippen LogP contribution is -2.29. The molecule has 2 aromatic carbocycles. The van der Waals surface area contributed by atoms with Gasteiger partial charge in [0.1, 0.15) is 11.3 Å². The van der Waals surface area contributed by atoms with E-state index in [1.807, 2.05) is 24.3 Å². The van der Waals surface area contributed by atoms with Crippen LogP contribution in [0.2, 0.25) is 0 Å². The van der Waals surface area contributed by atoms with Gasteiger partial charge in [0, 0.05) is 17.1 Å². The molecule has 1 heterocycles. The highest BCUT2D eigenvalue weighted by atomic mass is 16.3. The van der Waals surface area contributed by atoms with Crippen molar-refractivity contribution in [1.29, 1.82) is 0 Å². The summed E-state index contributed by atoms with van der Waals surface area (Å²) in [5.41, 5.74) is 2.75. The van der Waals surface area contributed by atoms with Crippen molar-refractivity contribution in [1.82, 2.24) is 10.3 Å². The summed E-state index contributed by atoms with van der Waals surface area (Å²) in [5, 5.41) is 15.6. The predicted octanol–water partition coefficient (Wildman–Crippen LogP) is 5.20. The number of phenolic OH excluding ortho intramolecular Hbond substituents is 1. The molecule has 0 spiro atoms. The van der Waals surface area contributed by atoms with E-state index in [9.17, 15) is 5.11 Å². The number of fused-ring (bicyclic) bond motifs is 1. The van der Waals surface area contributed by atoms with Crippen molar-refractivity contribution >= 4 is 10.9 Å². The summed E-state index contributed by atoms with van der Waals surface area (Å²) >= 11 is 0. The number of hydrogen-bond donors (Lipinski definition) is 2. The minimum absolute atomic E-state index is 0.0236. The fourth-order valence-electron chi connectivity index (χ4n) is 4.11. The summed E-state index contributed by atoms with van der Waals surface area (Å²) in [7, 11) is 0. The van der Waals surface area contributed by atoms with Crippen LogP contribution in [0.25, 0.3) is 10.9 Å². The summed E-state index contributed by atoms with van der Waals surface area (Å²) < 4.78 is 0. The van der Waals surface area contributed by atoms with Crippen LogP contribution >= 0.6 is 0 Å². The molecule has 1 aliphatic rings. The molecule has 0 radical (unpaired) electrons. The summed E-state index contributed by atoms with van der Waals surface area (Å²) in [5.74, 6) is 1.02. The van der Waals surface area contributed by atoms with Gasteiger partial charge in [-0.15, -0.1) is 0 Å². The average Bonchev–Trinajstić information content (AvgIpc) is 2.71. The summed E-state index contributed by atoms with van der Waals surface area (Å²) in [6, 6.07) is 18.3. The van der Waals surface area contributed by atoms with Gasteiger partial charge in [0.25, 0.3) is 0 Å². The second-order valence-corrected chi connectivity index (χ2v) is 7.33. The topological polar surface area (TPSA) is 45.1 Å². The third-order valence-corrected chi connectivity index (χ3v) is 5.56. The minimum atomic E-state index is -0.0236. The van der Waals surface area contributed by atoms with Gasteiger partial charge in [-0.3, -0.25) is 4.98 Å². The van der Waals surface area contributed by atoms with Crippen molar-refractivity contribution < 1.29 is 5.11 Å². The Bertz CT molecular complexity index is 856. The predicted molar refractivity (Wildman–Crippen MR) is 106 cm³/mol. The van der Waals surface area contributed by atoms with Crippen LogP contribution in [-0.4, -0.2) is 16.6 Å². The van der Waals surface area contributed by atoms with Crippen LogP contribution in [0.15, 0.2) is 60.8 Å². The highest BCUT2D eigenvalue weighted by molar-refractivity contribution is 5.85. The molecule has 2 N–H and O–H groups in total. The third-order valence-electron chi connectivity index (χ3n) is 5.56. The zero-order valence-electron chi connectivity index (χ0n) is 15.1. The molecule has 1 saturated carbocycles. The van der Waals surface area contributed by atoms with Gasteiger partial charge in [0.2, 0.25) is 0 Å². The van der Waals surface area contributed by atoms with Crippen LogP contribution < -0.4 is 5.32 Å². The van der Waals surface area contributed by atoms with Gasteiger partial charge in [0.05, 0.1) is 6.04 Å². The molecule has 3 nitrogen and oxygen atoms in total. The zero-order chi connectivity index (χ0) is 17.8. The van der Waals surface area contributed by atoms with E-state index in [1.165, 1.54) is 37.7 Å². The number of hydrogen-bond acceptors (Lipinski definition) is 3. The summed E-state index contributed by atoms with van der Waals surface area (Å²) in [6.45, 7) is 0.985. The fraction of sp³-hybridized carbons (Fsp3) is 0.348. The van der Waals surface area contributed by atoms with E-state index in [-0.39, 0.29) is 11.8 Å². The van der Waals surface area contributed by atoms with Crippen LogP contribution in [0.4, 0.5) is 0 Å². The van der Waals surface area contributed by atoms with E-state index in [2.05, 4.69) is 40.6 Å². The van der Waals surface area contributed by atoms with Gasteiger partial charge in [-0.1, -0.05) is 67.8 Å². The molecular weight excluding hydrogens is 320 g/mol. The Hall–Kier alpha value is -2.39. The van der Waals surface area contributed by atoms with Gasteiger partial charge < -0.3 is 10.4 Å². The van der Waals surface area contributed by atoms with Gasteiger partial charge >= 0.3 is 0 Å². The van der Waals surface area contributed by atoms with Crippen molar-refractivity contribution in [2.75, 3.05) is 6.54 Å². The molecule has 0 saturated heterocycles.